The Bertz CT molecular complexity index is 868. The molecule has 2 N–H and O–H groups in total. The van der Waals surface area contributed by atoms with Gasteiger partial charge in [-0.15, -0.1) is 0 Å². The summed E-state index contributed by atoms with van der Waals surface area (Å²) in [5, 5.41) is 11.2. The lowest BCUT2D eigenvalue weighted by Gasteiger charge is -2.10. The smallest absolute Gasteiger partial charge is 0.228 e. The quantitative estimate of drug-likeness (QED) is 0.513. The number of nitrogens with zero attached hydrogens (tertiary/aromatic N) is 4. The van der Waals surface area contributed by atoms with Crippen molar-refractivity contribution in [3.8, 4) is 11.4 Å². The molecular weight excluding hydrogens is 352 g/mol. The van der Waals surface area contributed by atoms with E-state index in [1.165, 1.54) is 5.56 Å². The van der Waals surface area contributed by atoms with E-state index >= 15 is 0 Å². The second kappa shape index (κ2) is 8.53. The molecular formula is C18H21ClN6O. The van der Waals surface area contributed by atoms with E-state index in [1.807, 2.05) is 29.9 Å². The van der Waals surface area contributed by atoms with Crippen LogP contribution in [0.15, 0.2) is 52.2 Å². The molecule has 0 aliphatic heterocycles. The topological polar surface area (TPSA) is 80.3 Å². The van der Waals surface area contributed by atoms with Gasteiger partial charge in [-0.1, -0.05) is 16.8 Å². The molecule has 0 saturated carbocycles. The average molecular weight is 373 g/mol. The van der Waals surface area contributed by atoms with Gasteiger partial charge in [0.25, 0.3) is 0 Å². The summed E-state index contributed by atoms with van der Waals surface area (Å²) in [6.45, 7) is 1.35. The van der Waals surface area contributed by atoms with E-state index in [0.29, 0.717) is 36.2 Å². The molecule has 0 bridgehead atoms. The minimum atomic E-state index is 0.559. The van der Waals surface area contributed by atoms with Crippen LogP contribution in [0.5, 0.6) is 0 Å². The Kier molecular flexibility index (Phi) is 5.91. The molecule has 2 heterocycles. The molecule has 136 valence electrons. The van der Waals surface area contributed by atoms with E-state index < -0.39 is 0 Å². The van der Waals surface area contributed by atoms with Gasteiger partial charge in [0.2, 0.25) is 11.7 Å². The van der Waals surface area contributed by atoms with Gasteiger partial charge in [-0.3, -0.25) is 4.99 Å². The molecule has 0 saturated heterocycles. The maximum Gasteiger partial charge on any atom is 0.228 e. The Morgan fingerprint density at radius 2 is 2.04 bits per heavy atom. The summed E-state index contributed by atoms with van der Waals surface area (Å²) in [5.41, 5.74) is 2.07. The van der Waals surface area contributed by atoms with E-state index in [4.69, 9.17) is 16.1 Å². The lowest BCUT2D eigenvalue weighted by Crippen LogP contribution is -2.37. The Morgan fingerprint density at radius 3 is 2.73 bits per heavy atom. The van der Waals surface area contributed by atoms with Crippen LogP contribution in [0.1, 0.15) is 11.5 Å². The van der Waals surface area contributed by atoms with Gasteiger partial charge < -0.3 is 19.7 Å². The van der Waals surface area contributed by atoms with Gasteiger partial charge in [0, 0.05) is 56.6 Å². The summed E-state index contributed by atoms with van der Waals surface area (Å²) < 4.78 is 7.31. The number of hydrogen-bond donors (Lipinski definition) is 2. The Balaban J connectivity index is 1.47. The minimum Gasteiger partial charge on any atom is -0.357 e. The van der Waals surface area contributed by atoms with Crippen molar-refractivity contribution in [3.05, 3.63) is 59.2 Å². The molecule has 0 spiro atoms. The van der Waals surface area contributed by atoms with E-state index in [-0.39, 0.29) is 0 Å². The Labute approximate surface area is 157 Å². The summed E-state index contributed by atoms with van der Waals surface area (Å²) in [7, 11) is 3.74. The van der Waals surface area contributed by atoms with Gasteiger partial charge in [-0.05, 0) is 35.9 Å². The predicted octanol–water partition coefficient (Wildman–Crippen LogP) is 2.64. The van der Waals surface area contributed by atoms with Crippen molar-refractivity contribution in [2.45, 2.75) is 13.0 Å². The first-order valence-electron chi connectivity index (χ1n) is 8.28. The zero-order valence-electron chi connectivity index (χ0n) is 14.7. The summed E-state index contributed by atoms with van der Waals surface area (Å²) in [6, 6.07) is 9.40. The monoisotopic (exact) mass is 372 g/mol. The van der Waals surface area contributed by atoms with Crippen molar-refractivity contribution >= 4 is 17.6 Å². The number of halogens is 1. The highest BCUT2D eigenvalue weighted by atomic mass is 35.5. The standard InChI is InChI=1S/C18H21ClN6O/c1-20-18(22-11-13-8-10-25(2)12-13)21-9-7-16-23-17(24-26-16)14-3-5-15(19)6-4-14/h3-6,8,10,12H,7,9,11H2,1-2H3,(H2,20,21,22). The summed E-state index contributed by atoms with van der Waals surface area (Å²) in [6.07, 6.45) is 4.69. The average Bonchev–Trinajstić information content (AvgIpc) is 3.28. The van der Waals surface area contributed by atoms with E-state index in [0.717, 1.165) is 11.5 Å². The molecule has 0 unspecified atom stereocenters. The summed E-state index contributed by atoms with van der Waals surface area (Å²) in [4.78, 5) is 8.62. The molecule has 3 aromatic rings. The van der Waals surface area contributed by atoms with Crippen molar-refractivity contribution in [1.29, 1.82) is 0 Å². The van der Waals surface area contributed by atoms with E-state index in [1.54, 1.807) is 19.2 Å². The molecule has 26 heavy (non-hydrogen) atoms. The molecule has 0 radical (unpaired) electrons. The molecule has 1 aromatic carbocycles. The van der Waals surface area contributed by atoms with Crippen LogP contribution in [0.4, 0.5) is 0 Å². The van der Waals surface area contributed by atoms with Crippen LogP contribution in [-0.2, 0) is 20.0 Å². The number of aliphatic imine (C=N–C) groups is 1. The van der Waals surface area contributed by atoms with Crippen molar-refractivity contribution in [2.24, 2.45) is 12.0 Å². The summed E-state index contributed by atoms with van der Waals surface area (Å²) in [5.74, 6) is 1.86. The highest BCUT2D eigenvalue weighted by Crippen LogP contribution is 2.18. The number of aryl methyl sites for hydroxylation is 1. The molecule has 7 nitrogen and oxygen atoms in total. The molecule has 2 aromatic heterocycles. The van der Waals surface area contributed by atoms with Crippen LogP contribution in [0.2, 0.25) is 5.02 Å². The number of guanidine groups is 1. The van der Waals surface area contributed by atoms with Crippen molar-refractivity contribution in [2.75, 3.05) is 13.6 Å². The second-order valence-electron chi connectivity index (χ2n) is 5.81. The Morgan fingerprint density at radius 1 is 1.23 bits per heavy atom. The zero-order chi connectivity index (χ0) is 18.4. The van der Waals surface area contributed by atoms with Crippen LogP contribution in [-0.4, -0.2) is 34.3 Å². The predicted molar refractivity (Wildman–Crippen MR) is 102 cm³/mol. The maximum atomic E-state index is 5.89. The number of hydrogen-bond acceptors (Lipinski definition) is 4. The lowest BCUT2D eigenvalue weighted by molar-refractivity contribution is 0.378. The van der Waals surface area contributed by atoms with Crippen LogP contribution < -0.4 is 10.6 Å². The van der Waals surface area contributed by atoms with E-state index in [2.05, 4.69) is 38.0 Å². The molecule has 0 fully saturated rings. The fourth-order valence-corrected chi connectivity index (χ4v) is 2.56. The van der Waals surface area contributed by atoms with Crippen LogP contribution in [0.25, 0.3) is 11.4 Å². The van der Waals surface area contributed by atoms with Crippen molar-refractivity contribution in [3.63, 3.8) is 0 Å². The molecule has 0 amide bonds. The van der Waals surface area contributed by atoms with Gasteiger partial charge in [0.05, 0.1) is 0 Å². The molecule has 8 heteroatoms. The molecule has 0 atom stereocenters. The van der Waals surface area contributed by atoms with Crippen LogP contribution in [0, 0.1) is 0 Å². The van der Waals surface area contributed by atoms with Gasteiger partial charge in [0.1, 0.15) is 0 Å². The largest absolute Gasteiger partial charge is 0.357 e. The van der Waals surface area contributed by atoms with Gasteiger partial charge in [0.15, 0.2) is 5.96 Å². The summed E-state index contributed by atoms with van der Waals surface area (Å²) >= 11 is 5.89. The van der Waals surface area contributed by atoms with Crippen LogP contribution in [0.3, 0.4) is 0 Å². The highest BCUT2D eigenvalue weighted by Gasteiger charge is 2.09. The first-order valence-corrected chi connectivity index (χ1v) is 8.66. The molecule has 0 aliphatic carbocycles. The third-order valence-corrected chi connectivity index (χ3v) is 4.03. The van der Waals surface area contributed by atoms with Crippen molar-refractivity contribution < 1.29 is 4.52 Å². The minimum absolute atomic E-state index is 0.559. The molecule has 3 rings (SSSR count). The molecule has 0 aliphatic rings. The maximum absolute atomic E-state index is 5.89. The number of nitrogens with one attached hydrogen (secondary N) is 2. The highest BCUT2D eigenvalue weighted by molar-refractivity contribution is 6.30. The van der Waals surface area contributed by atoms with Crippen LogP contribution >= 0.6 is 11.6 Å². The number of aromatic nitrogens is 3. The fraction of sp³-hybridized carbons (Fsp3) is 0.278. The van der Waals surface area contributed by atoms with Gasteiger partial charge in [-0.2, -0.15) is 4.98 Å². The van der Waals surface area contributed by atoms with Gasteiger partial charge >= 0.3 is 0 Å². The first-order chi connectivity index (χ1) is 12.6. The SMILES string of the molecule is CN=C(NCCc1nc(-c2ccc(Cl)cc2)no1)NCc1ccn(C)c1. The number of rotatable bonds is 6. The number of benzene rings is 1. The third kappa shape index (κ3) is 4.86. The lowest BCUT2D eigenvalue weighted by atomic mass is 10.2. The fourth-order valence-electron chi connectivity index (χ4n) is 2.43. The Hall–Kier alpha value is -2.80. The normalized spacial score (nSPS) is 11.6. The van der Waals surface area contributed by atoms with Crippen molar-refractivity contribution in [1.82, 2.24) is 25.3 Å². The first kappa shape index (κ1) is 18.0. The zero-order valence-corrected chi connectivity index (χ0v) is 15.5. The second-order valence-corrected chi connectivity index (χ2v) is 6.24. The van der Waals surface area contributed by atoms with Gasteiger partial charge in [-0.25, -0.2) is 0 Å². The third-order valence-electron chi connectivity index (χ3n) is 3.78. The van der Waals surface area contributed by atoms with E-state index in [9.17, 15) is 0 Å².